The highest BCUT2D eigenvalue weighted by molar-refractivity contribution is 6.31. The molecule has 2 N–H and O–H groups in total. The SMILES string of the molecule is O=C(/C=C/CNCCCCN1C2=CC(Cl)=CCC2=CCc2ccccc21)NOc1ccccc1. The van der Waals surface area contributed by atoms with Gasteiger partial charge in [-0.25, -0.2) is 0 Å². The van der Waals surface area contributed by atoms with E-state index >= 15 is 0 Å². The molecule has 0 saturated carbocycles. The van der Waals surface area contributed by atoms with Crippen LogP contribution in [-0.2, 0) is 11.2 Å². The van der Waals surface area contributed by atoms with Crippen molar-refractivity contribution in [3.05, 3.63) is 107 Å². The number of para-hydroxylation sites is 2. The Morgan fingerprint density at radius 2 is 1.85 bits per heavy atom. The van der Waals surface area contributed by atoms with E-state index in [2.05, 4.69) is 58.2 Å². The molecule has 1 heterocycles. The van der Waals surface area contributed by atoms with Gasteiger partial charge in [0, 0.05) is 35.6 Å². The number of nitrogens with one attached hydrogen (secondary N) is 2. The number of anilines is 1. The number of hydrogen-bond acceptors (Lipinski definition) is 4. The fraction of sp³-hybridized carbons (Fsp3) is 0.250. The molecule has 1 aliphatic carbocycles. The van der Waals surface area contributed by atoms with Crippen molar-refractivity contribution in [1.29, 1.82) is 0 Å². The third kappa shape index (κ3) is 6.62. The molecule has 0 fully saturated rings. The number of nitrogens with zero attached hydrogens (tertiary/aromatic N) is 1. The van der Waals surface area contributed by atoms with Crippen LogP contribution in [0.2, 0.25) is 0 Å². The van der Waals surface area contributed by atoms with Crippen LogP contribution >= 0.6 is 11.6 Å². The Labute approximate surface area is 206 Å². The molecule has 34 heavy (non-hydrogen) atoms. The highest BCUT2D eigenvalue weighted by Crippen LogP contribution is 2.36. The molecular formula is C28H30ClN3O2. The fourth-order valence-electron chi connectivity index (χ4n) is 4.09. The van der Waals surface area contributed by atoms with E-state index in [4.69, 9.17) is 16.4 Å². The van der Waals surface area contributed by atoms with Gasteiger partial charge in [0.1, 0.15) is 0 Å². The maximum atomic E-state index is 11.8. The normalized spacial score (nSPS) is 15.0. The summed E-state index contributed by atoms with van der Waals surface area (Å²) in [5.41, 5.74) is 7.58. The summed E-state index contributed by atoms with van der Waals surface area (Å²) in [6, 6.07) is 17.8. The molecule has 5 nitrogen and oxygen atoms in total. The minimum atomic E-state index is -0.289. The van der Waals surface area contributed by atoms with Crippen LogP contribution < -0.4 is 20.5 Å². The zero-order chi connectivity index (χ0) is 23.6. The molecule has 0 radical (unpaired) electrons. The van der Waals surface area contributed by atoms with Gasteiger partial charge in [0.05, 0.1) is 0 Å². The van der Waals surface area contributed by atoms with Crippen LogP contribution in [0.1, 0.15) is 24.8 Å². The van der Waals surface area contributed by atoms with Crippen LogP contribution in [0, 0.1) is 0 Å². The van der Waals surface area contributed by atoms with Crippen molar-refractivity contribution in [2.24, 2.45) is 0 Å². The maximum Gasteiger partial charge on any atom is 0.276 e. The second-order valence-corrected chi connectivity index (χ2v) is 8.67. The number of hydroxylamine groups is 1. The average Bonchev–Trinajstić information content (AvgIpc) is 3.01. The molecule has 1 aliphatic heterocycles. The van der Waals surface area contributed by atoms with E-state index in [-0.39, 0.29) is 5.91 Å². The van der Waals surface area contributed by atoms with Crippen LogP contribution in [0.4, 0.5) is 5.69 Å². The van der Waals surface area contributed by atoms with E-state index in [1.54, 1.807) is 18.2 Å². The van der Waals surface area contributed by atoms with Crippen molar-refractivity contribution < 1.29 is 9.63 Å². The van der Waals surface area contributed by atoms with Gasteiger partial charge in [0.15, 0.2) is 5.75 Å². The molecule has 4 rings (SSSR count). The van der Waals surface area contributed by atoms with Gasteiger partial charge in [-0.1, -0.05) is 66.2 Å². The molecular weight excluding hydrogens is 446 g/mol. The van der Waals surface area contributed by atoms with E-state index in [9.17, 15) is 4.79 Å². The molecule has 6 heteroatoms. The number of amides is 1. The lowest BCUT2D eigenvalue weighted by molar-refractivity contribution is -0.122. The molecule has 2 aliphatic rings. The number of hydrogen-bond donors (Lipinski definition) is 2. The van der Waals surface area contributed by atoms with Gasteiger partial charge in [0.25, 0.3) is 5.91 Å². The highest BCUT2D eigenvalue weighted by atomic mass is 35.5. The third-order valence-electron chi connectivity index (χ3n) is 5.79. The van der Waals surface area contributed by atoms with E-state index in [0.717, 1.165) is 43.8 Å². The van der Waals surface area contributed by atoms with Gasteiger partial charge in [-0.05, 0) is 67.6 Å². The van der Waals surface area contributed by atoms with Gasteiger partial charge < -0.3 is 15.1 Å². The molecule has 2 aromatic carbocycles. The molecule has 176 valence electrons. The first-order valence-electron chi connectivity index (χ1n) is 11.7. The molecule has 0 aromatic heterocycles. The van der Waals surface area contributed by atoms with Crippen LogP contribution in [0.5, 0.6) is 5.75 Å². The summed E-state index contributed by atoms with van der Waals surface area (Å²) in [5, 5.41) is 4.17. The van der Waals surface area contributed by atoms with Crippen LogP contribution in [-0.4, -0.2) is 25.5 Å². The summed E-state index contributed by atoms with van der Waals surface area (Å²) in [6.45, 7) is 2.44. The molecule has 2 aromatic rings. The molecule has 0 bridgehead atoms. The van der Waals surface area contributed by atoms with Gasteiger partial charge >= 0.3 is 0 Å². The summed E-state index contributed by atoms with van der Waals surface area (Å²) in [6.07, 6.45) is 13.7. The number of benzene rings is 2. The first kappa shape index (κ1) is 23.9. The maximum absolute atomic E-state index is 11.8. The molecule has 0 unspecified atom stereocenters. The molecule has 0 spiro atoms. The Kier molecular flexibility index (Phi) is 8.60. The molecule has 0 atom stereocenters. The Bertz CT molecular complexity index is 1110. The predicted molar refractivity (Wildman–Crippen MR) is 139 cm³/mol. The van der Waals surface area contributed by atoms with Crippen LogP contribution in [0.3, 0.4) is 0 Å². The van der Waals surface area contributed by atoms with Gasteiger partial charge in [0.2, 0.25) is 0 Å². The summed E-state index contributed by atoms with van der Waals surface area (Å²) in [4.78, 5) is 19.4. The lowest BCUT2D eigenvalue weighted by Crippen LogP contribution is -2.27. The highest BCUT2D eigenvalue weighted by Gasteiger charge is 2.22. The minimum Gasteiger partial charge on any atom is -0.379 e. The van der Waals surface area contributed by atoms with Crippen molar-refractivity contribution in [2.45, 2.75) is 25.7 Å². The Balaban J connectivity index is 1.20. The number of rotatable bonds is 10. The smallest absolute Gasteiger partial charge is 0.276 e. The summed E-state index contributed by atoms with van der Waals surface area (Å²) >= 11 is 6.37. The van der Waals surface area contributed by atoms with Crippen molar-refractivity contribution >= 4 is 23.2 Å². The number of carbonyl (C=O) groups excluding carboxylic acids is 1. The monoisotopic (exact) mass is 475 g/mol. The Morgan fingerprint density at radius 3 is 2.74 bits per heavy atom. The van der Waals surface area contributed by atoms with Crippen LogP contribution in [0.15, 0.2) is 101 Å². The number of halogens is 1. The van der Waals surface area contributed by atoms with E-state index in [1.807, 2.05) is 18.2 Å². The van der Waals surface area contributed by atoms with Crippen molar-refractivity contribution in [3.63, 3.8) is 0 Å². The summed E-state index contributed by atoms with van der Waals surface area (Å²) in [7, 11) is 0. The molecule has 1 amide bonds. The Hall–Kier alpha value is -3.28. The third-order valence-corrected chi connectivity index (χ3v) is 6.05. The zero-order valence-corrected chi connectivity index (χ0v) is 19.9. The van der Waals surface area contributed by atoms with Crippen LogP contribution in [0.25, 0.3) is 0 Å². The van der Waals surface area contributed by atoms with Crippen molar-refractivity contribution in [1.82, 2.24) is 10.8 Å². The van der Waals surface area contributed by atoms with E-state index in [1.165, 1.54) is 28.6 Å². The Morgan fingerprint density at radius 1 is 1.03 bits per heavy atom. The van der Waals surface area contributed by atoms with E-state index < -0.39 is 0 Å². The number of fused-ring (bicyclic) bond motifs is 2. The van der Waals surface area contributed by atoms with Gasteiger partial charge in [-0.3, -0.25) is 4.79 Å². The first-order valence-corrected chi connectivity index (χ1v) is 12.1. The first-order chi connectivity index (χ1) is 16.7. The van der Waals surface area contributed by atoms with Gasteiger partial charge in [-0.2, -0.15) is 5.48 Å². The predicted octanol–water partition coefficient (Wildman–Crippen LogP) is 5.42. The second-order valence-electron chi connectivity index (χ2n) is 8.23. The largest absolute Gasteiger partial charge is 0.379 e. The average molecular weight is 476 g/mol. The fourth-order valence-corrected chi connectivity index (χ4v) is 4.27. The van der Waals surface area contributed by atoms with Crippen molar-refractivity contribution in [2.75, 3.05) is 24.5 Å². The van der Waals surface area contributed by atoms with Gasteiger partial charge in [-0.15, -0.1) is 0 Å². The second kappa shape index (κ2) is 12.3. The number of allylic oxidation sites excluding steroid dienone is 5. The quantitative estimate of drug-likeness (QED) is 0.273. The standard InChI is InChI=1S/C28H30ClN3O2/c29-24-17-16-23-15-14-22-9-4-5-12-26(22)32(27(23)21-24)20-7-6-18-30-19-8-13-28(33)31-34-25-10-2-1-3-11-25/h1-5,8-13,15,17,21,30H,6-7,14,16,18-20H2,(H,31,33)/b13-8+. The van der Waals surface area contributed by atoms with Crippen molar-refractivity contribution in [3.8, 4) is 5.75 Å². The topological polar surface area (TPSA) is 53.6 Å². The lowest BCUT2D eigenvalue weighted by Gasteiger charge is -2.30. The number of carbonyl (C=O) groups is 1. The molecule has 0 saturated heterocycles. The summed E-state index contributed by atoms with van der Waals surface area (Å²) < 4.78 is 0. The zero-order valence-electron chi connectivity index (χ0n) is 19.2. The number of unbranched alkanes of at least 4 members (excludes halogenated alkanes) is 1. The minimum absolute atomic E-state index is 0.289. The summed E-state index contributed by atoms with van der Waals surface area (Å²) in [5.74, 6) is 0.308. The lowest BCUT2D eigenvalue weighted by atomic mass is 10.0. The van der Waals surface area contributed by atoms with E-state index in [0.29, 0.717) is 12.3 Å².